The average molecular weight is 329 g/mol. The number of hydrogen-bond acceptors (Lipinski definition) is 5. The third-order valence-corrected chi connectivity index (χ3v) is 3.05. The Balaban J connectivity index is 2.43. The first-order valence-corrected chi connectivity index (χ1v) is 6.82. The Morgan fingerprint density at radius 1 is 1.32 bits per heavy atom. The molecule has 0 aliphatic rings. The number of hydrogen-bond donors (Lipinski definition) is 2. The number of carbonyl (C=O) groups excluding carboxylic acids is 3. The minimum Gasteiger partial charge on any atom is -0.482 e. The topological polar surface area (TPSA) is 93.7 Å². The fourth-order valence-corrected chi connectivity index (χ4v) is 1.53. The van der Waals surface area contributed by atoms with Gasteiger partial charge in [-0.15, -0.1) is 0 Å². The normalized spacial score (nSPS) is 11.3. The maximum atomic E-state index is 11.6. The first kappa shape index (κ1) is 17.8. The second-order valence-electron chi connectivity index (χ2n) is 4.40. The van der Waals surface area contributed by atoms with Gasteiger partial charge in [0, 0.05) is 12.1 Å². The maximum Gasteiger partial charge on any atom is 0.344 e. The van der Waals surface area contributed by atoms with Crippen molar-refractivity contribution in [2.24, 2.45) is 0 Å². The fourth-order valence-electron chi connectivity index (χ4n) is 1.41. The van der Waals surface area contributed by atoms with Gasteiger partial charge >= 0.3 is 12.0 Å². The van der Waals surface area contributed by atoms with Gasteiger partial charge < -0.3 is 14.8 Å². The molecule has 2 N–H and O–H groups in total. The number of aryl methyl sites for hydroxylation is 1. The number of imide groups is 1. The van der Waals surface area contributed by atoms with E-state index in [-0.39, 0.29) is 6.61 Å². The van der Waals surface area contributed by atoms with Crippen molar-refractivity contribution < 1.29 is 23.9 Å². The van der Waals surface area contributed by atoms with E-state index in [9.17, 15) is 14.4 Å². The van der Waals surface area contributed by atoms with Crippen LogP contribution < -0.4 is 15.4 Å². The van der Waals surface area contributed by atoms with Crippen LogP contribution >= 0.6 is 11.6 Å². The van der Waals surface area contributed by atoms with Crippen molar-refractivity contribution in [3.05, 3.63) is 28.8 Å². The van der Waals surface area contributed by atoms with Gasteiger partial charge in [-0.2, -0.15) is 0 Å². The van der Waals surface area contributed by atoms with Gasteiger partial charge in [0.2, 0.25) is 0 Å². The molecule has 1 aromatic carbocycles. The number of ether oxygens (including phenoxy) is 2. The van der Waals surface area contributed by atoms with Crippen molar-refractivity contribution in [1.29, 1.82) is 0 Å². The van der Waals surface area contributed by atoms with Crippen molar-refractivity contribution >= 4 is 29.5 Å². The highest BCUT2D eigenvalue weighted by atomic mass is 35.5. The quantitative estimate of drug-likeness (QED) is 0.797. The summed E-state index contributed by atoms with van der Waals surface area (Å²) < 4.78 is 10.1. The molecule has 0 unspecified atom stereocenters. The summed E-state index contributed by atoms with van der Waals surface area (Å²) in [6.45, 7) is 2.79. The van der Waals surface area contributed by atoms with Gasteiger partial charge in [-0.05, 0) is 37.6 Å². The summed E-state index contributed by atoms with van der Waals surface area (Å²) in [5.74, 6) is -0.997. The Morgan fingerprint density at radius 3 is 2.59 bits per heavy atom. The van der Waals surface area contributed by atoms with E-state index in [2.05, 4.69) is 5.32 Å². The number of rotatable bonds is 5. The van der Waals surface area contributed by atoms with E-state index in [1.54, 1.807) is 25.1 Å². The van der Waals surface area contributed by atoms with Crippen molar-refractivity contribution in [2.75, 3.05) is 13.7 Å². The van der Waals surface area contributed by atoms with Crippen LogP contribution in [0.2, 0.25) is 5.02 Å². The molecule has 0 aliphatic carbocycles. The Kier molecular flexibility index (Phi) is 6.65. The van der Waals surface area contributed by atoms with E-state index < -0.39 is 24.0 Å². The summed E-state index contributed by atoms with van der Waals surface area (Å²) in [5, 5.41) is 4.81. The van der Waals surface area contributed by atoms with Gasteiger partial charge in [0.25, 0.3) is 5.91 Å². The molecule has 0 saturated carbocycles. The maximum absolute atomic E-state index is 11.6. The summed E-state index contributed by atoms with van der Waals surface area (Å²) in [4.78, 5) is 34.0. The Bertz CT molecular complexity index is 576. The standard InChI is InChI=1S/C14H17ClN2O5/c1-8-6-10(4-5-11(8)15)21-7-12(18)22-9(2)13(19)17-14(20)16-3/h4-6,9H,7H2,1-3H3,(H2,16,17,19,20)/t9-/m1/s1. The zero-order valence-corrected chi connectivity index (χ0v) is 13.2. The van der Waals surface area contributed by atoms with Crippen LogP contribution in [0.25, 0.3) is 0 Å². The number of halogens is 1. The van der Waals surface area contributed by atoms with Crippen LogP contribution in [0.4, 0.5) is 4.79 Å². The van der Waals surface area contributed by atoms with Crippen LogP contribution in [-0.2, 0) is 14.3 Å². The largest absolute Gasteiger partial charge is 0.482 e. The molecule has 0 heterocycles. The van der Waals surface area contributed by atoms with Gasteiger partial charge in [-0.3, -0.25) is 10.1 Å². The molecule has 1 aromatic rings. The summed E-state index contributed by atoms with van der Waals surface area (Å²) in [6, 6.07) is 4.26. The predicted octanol–water partition coefficient (Wildman–Crippen LogP) is 1.41. The monoisotopic (exact) mass is 328 g/mol. The fraction of sp³-hybridized carbons (Fsp3) is 0.357. The number of esters is 1. The highest BCUT2D eigenvalue weighted by molar-refractivity contribution is 6.31. The Hall–Kier alpha value is -2.28. The van der Waals surface area contributed by atoms with E-state index in [4.69, 9.17) is 21.1 Å². The van der Waals surface area contributed by atoms with E-state index >= 15 is 0 Å². The highest BCUT2D eigenvalue weighted by Crippen LogP contribution is 2.20. The molecular formula is C14H17ClN2O5. The molecule has 0 fully saturated rings. The van der Waals surface area contributed by atoms with E-state index in [0.717, 1.165) is 5.56 Å². The van der Waals surface area contributed by atoms with Gasteiger partial charge in [0.05, 0.1) is 0 Å². The molecule has 0 aliphatic heterocycles. The minimum absolute atomic E-state index is 0.362. The zero-order valence-electron chi connectivity index (χ0n) is 12.4. The van der Waals surface area contributed by atoms with Crippen LogP contribution in [0.15, 0.2) is 18.2 Å². The van der Waals surface area contributed by atoms with E-state index in [1.807, 2.05) is 5.32 Å². The molecule has 22 heavy (non-hydrogen) atoms. The van der Waals surface area contributed by atoms with Crippen LogP contribution in [0.5, 0.6) is 5.75 Å². The van der Waals surface area contributed by atoms with Crippen LogP contribution in [0, 0.1) is 6.92 Å². The molecule has 0 radical (unpaired) electrons. The first-order chi connectivity index (χ1) is 10.3. The van der Waals surface area contributed by atoms with Crippen molar-refractivity contribution in [3.63, 3.8) is 0 Å². The molecule has 120 valence electrons. The molecule has 1 atom stereocenters. The van der Waals surface area contributed by atoms with Gasteiger partial charge in [0.15, 0.2) is 12.7 Å². The number of amides is 3. The summed E-state index contributed by atoms with van der Waals surface area (Å²) in [7, 11) is 1.36. The molecule has 0 saturated heterocycles. The first-order valence-electron chi connectivity index (χ1n) is 6.44. The smallest absolute Gasteiger partial charge is 0.344 e. The average Bonchev–Trinajstić information content (AvgIpc) is 2.48. The number of nitrogens with one attached hydrogen (secondary N) is 2. The van der Waals surface area contributed by atoms with Crippen molar-refractivity contribution in [1.82, 2.24) is 10.6 Å². The Morgan fingerprint density at radius 2 is 2.00 bits per heavy atom. The summed E-state index contributed by atoms with van der Waals surface area (Å²) >= 11 is 5.88. The van der Waals surface area contributed by atoms with Crippen LogP contribution in [-0.4, -0.2) is 37.7 Å². The predicted molar refractivity (Wildman–Crippen MR) is 79.8 cm³/mol. The lowest BCUT2D eigenvalue weighted by atomic mass is 10.2. The molecule has 3 amide bonds. The SMILES string of the molecule is CNC(=O)NC(=O)[C@@H](C)OC(=O)COc1ccc(Cl)c(C)c1. The van der Waals surface area contributed by atoms with Crippen molar-refractivity contribution in [3.8, 4) is 5.75 Å². The third kappa shape index (κ3) is 5.61. The lowest BCUT2D eigenvalue weighted by molar-refractivity contribution is -0.156. The lowest BCUT2D eigenvalue weighted by Crippen LogP contribution is -2.43. The number of urea groups is 1. The molecule has 0 bridgehead atoms. The molecule has 0 aromatic heterocycles. The molecule has 8 heteroatoms. The Labute approximate surface area is 132 Å². The van der Waals surface area contributed by atoms with Gasteiger partial charge in [-0.25, -0.2) is 9.59 Å². The van der Waals surface area contributed by atoms with E-state index in [1.165, 1.54) is 14.0 Å². The molecule has 1 rings (SSSR count). The van der Waals surface area contributed by atoms with Gasteiger partial charge in [-0.1, -0.05) is 11.6 Å². The highest BCUT2D eigenvalue weighted by Gasteiger charge is 2.19. The van der Waals surface area contributed by atoms with Crippen LogP contribution in [0.1, 0.15) is 12.5 Å². The molecule has 0 spiro atoms. The second kappa shape index (κ2) is 8.23. The summed E-state index contributed by atoms with van der Waals surface area (Å²) in [6.07, 6.45) is -1.11. The van der Waals surface area contributed by atoms with Gasteiger partial charge in [0.1, 0.15) is 5.75 Å². The molecular weight excluding hydrogens is 312 g/mol. The van der Waals surface area contributed by atoms with E-state index in [0.29, 0.717) is 10.8 Å². The number of benzene rings is 1. The third-order valence-electron chi connectivity index (χ3n) is 2.63. The molecule has 7 nitrogen and oxygen atoms in total. The van der Waals surface area contributed by atoms with Crippen molar-refractivity contribution in [2.45, 2.75) is 20.0 Å². The number of carbonyl (C=O) groups is 3. The second-order valence-corrected chi connectivity index (χ2v) is 4.81. The summed E-state index contributed by atoms with van der Waals surface area (Å²) in [5.41, 5.74) is 0.811. The zero-order chi connectivity index (χ0) is 16.7. The van der Waals surface area contributed by atoms with Crippen LogP contribution in [0.3, 0.4) is 0 Å². The minimum atomic E-state index is -1.11. The lowest BCUT2D eigenvalue weighted by Gasteiger charge is -2.13.